The highest BCUT2D eigenvalue weighted by Crippen LogP contribution is 2.20. The number of nitro groups is 1. The molecule has 0 unspecified atom stereocenters. The Balaban J connectivity index is 1.33. The summed E-state index contributed by atoms with van der Waals surface area (Å²) in [6.07, 6.45) is 2.88. The molecular weight excluding hydrogens is 510 g/mol. The van der Waals surface area contributed by atoms with Gasteiger partial charge in [-0.05, 0) is 78.9 Å². The molecule has 196 valence electrons. The van der Waals surface area contributed by atoms with Crippen molar-refractivity contribution in [3.05, 3.63) is 93.7 Å². The Morgan fingerprint density at radius 2 is 1.71 bits per heavy atom. The zero-order valence-electron chi connectivity index (χ0n) is 20.9. The van der Waals surface area contributed by atoms with Crippen LogP contribution in [0.15, 0.2) is 70.7 Å². The van der Waals surface area contributed by atoms with E-state index in [1.165, 1.54) is 22.9 Å². The molecule has 0 fully saturated rings. The zero-order chi connectivity index (χ0) is 27.3. The Labute approximate surface area is 219 Å². The molecule has 0 bridgehead atoms. The number of ether oxygens (including phenoxy) is 1. The van der Waals surface area contributed by atoms with Crippen LogP contribution in [-0.4, -0.2) is 45.7 Å². The lowest BCUT2D eigenvalue weighted by Crippen LogP contribution is -2.15. The summed E-state index contributed by atoms with van der Waals surface area (Å²) in [5.74, 6) is 1.10. The number of hydrogen-bond acceptors (Lipinski definition) is 9. The molecule has 1 N–H and O–H groups in total. The lowest BCUT2D eigenvalue weighted by atomic mass is 10.2. The lowest BCUT2D eigenvalue weighted by Gasteiger charge is -2.08. The van der Waals surface area contributed by atoms with E-state index in [4.69, 9.17) is 4.74 Å². The molecule has 0 aliphatic carbocycles. The quantitative estimate of drug-likeness (QED) is 0.180. The maximum atomic E-state index is 12.7. The van der Waals surface area contributed by atoms with Crippen molar-refractivity contribution in [1.29, 1.82) is 0 Å². The third kappa shape index (κ3) is 6.56. The number of sulfonamides is 1. The molecule has 0 spiro atoms. The molecule has 0 saturated carbocycles. The average Bonchev–Trinajstić information content (AvgIpc) is 3.23. The first kappa shape index (κ1) is 26.4. The van der Waals surface area contributed by atoms with Gasteiger partial charge in [-0.15, -0.1) is 0 Å². The maximum Gasteiger partial charge on any atom is 0.342 e. The number of imidazole rings is 1. The number of rotatable bonds is 10. The summed E-state index contributed by atoms with van der Waals surface area (Å²) in [6.45, 7) is 5.76. The van der Waals surface area contributed by atoms with E-state index >= 15 is 0 Å². The average molecular weight is 536 g/mol. The van der Waals surface area contributed by atoms with Crippen molar-refractivity contribution in [1.82, 2.24) is 19.5 Å². The Kier molecular flexibility index (Phi) is 7.76. The van der Waals surface area contributed by atoms with E-state index in [1.807, 2.05) is 12.1 Å². The molecule has 12 nitrogen and oxygen atoms in total. The minimum absolute atomic E-state index is 0.0233. The minimum Gasteiger partial charge on any atom is -0.489 e. The number of aryl methyl sites for hydroxylation is 3. The summed E-state index contributed by atoms with van der Waals surface area (Å²) in [6, 6.07) is 15.0. The highest BCUT2D eigenvalue weighted by molar-refractivity contribution is 7.92. The number of nitrogens with one attached hydrogen (secondary N) is 1. The van der Waals surface area contributed by atoms with E-state index in [0.717, 1.165) is 5.56 Å². The van der Waals surface area contributed by atoms with Gasteiger partial charge < -0.3 is 14.9 Å². The summed E-state index contributed by atoms with van der Waals surface area (Å²) in [4.78, 5) is 27.3. The van der Waals surface area contributed by atoms with Gasteiger partial charge in [-0.2, -0.15) is 0 Å². The second-order valence-corrected chi connectivity index (χ2v) is 10.0. The van der Waals surface area contributed by atoms with E-state index in [1.54, 1.807) is 57.3 Å². The SMILES string of the molecule is Cc1cc(C)nc(NS(=O)(=O)c2ccc(N=Cc3ccc(OCCn4c([N+](=O)[O-])cnc4C)cc3)cc2)n1. The van der Waals surface area contributed by atoms with Gasteiger partial charge in [0.2, 0.25) is 5.95 Å². The number of anilines is 1. The van der Waals surface area contributed by atoms with Gasteiger partial charge in [0.25, 0.3) is 10.0 Å². The maximum absolute atomic E-state index is 12.7. The van der Waals surface area contributed by atoms with Crippen molar-refractivity contribution in [2.75, 3.05) is 11.3 Å². The zero-order valence-corrected chi connectivity index (χ0v) is 21.7. The van der Waals surface area contributed by atoms with Gasteiger partial charge in [0.05, 0.1) is 10.6 Å². The second kappa shape index (κ2) is 11.2. The largest absolute Gasteiger partial charge is 0.489 e. The standard InChI is InChI=1S/C25H25N7O5S/c1-17-14-18(2)29-25(28-17)30-38(35,36)23-10-6-21(7-11-23)27-15-20-4-8-22(9-5-20)37-13-12-31-19(3)26-16-24(31)32(33)34/h4-11,14-16H,12-13H2,1-3H3,(H,28,29,30). The summed E-state index contributed by atoms with van der Waals surface area (Å²) < 4.78 is 34.9. The number of aliphatic imine (C=N–C) groups is 1. The molecular formula is C25H25N7O5S. The molecule has 0 radical (unpaired) electrons. The van der Waals surface area contributed by atoms with Crippen LogP contribution >= 0.6 is 0 Å². The van der Waals surface area contributed by atoms with Crippen molar-refractivity contribution >= 4 is 33.7 Å². The molecule has 0 saturated heterocycles. The minimum atomic E-state index is -3.85. The van der Waals surface area contributed by atoms with Gasteiger partial charge in [0.1, 0.15) is 25.1 Å². The fraction of sp³-hybridized carbons (Fsp3) is 0.200. The fourth-order valence-corrected chi connectivity index (χ4v) is 4.54. The van der Waals surface area contributed by atoms with Crippen molar-refractivity contribution in [2.45, 2.75) is 32.2 Å². The van der Waals surface area contributed by atoms with Gasteiger partial charge in [-0.1, -0.05) is 0 Å². The first-order valence-corrected chi connectivity index (χ1v) is 13.0. The van der Waals surface area contributed by atoms with Crippen LogP contribution in [0.2, 0.25) is 0 Å². The van der Waals surface area contributed by atoms with E-state index in [2.05, 4.69) is 24.7 Å². The summed E-state index contributed by atoms with van der Waals surface area (Å²) in [5.41, 5.74) is 2.71. The second-order valence-electron chi connectivity index (χ2n) is 8.32. The molecule has 0 atom stereocenters. The third-order valence-electron chi connectivity index (χ3n) is 5.40. The predicted molar refractivity (Wildman–Crippen MR) is 142 cm³/mol. The summed E-state index contributed by atoms with van der Waals surface area (Å²) in [7, 11) is -3.85. The van der Waals surface area contributed by atoms with E-state index in [9.17, 15) is 18.5 Å². The van der Waals surface area contributed by atoms with Crippen LogP contribution in [0.1, 0.15) is 22.8 Å². The van der Waals surface area contributed by atoms with E-state index in [0.29, 0.717) is 35.2 Å². The first-order valence-electron chi connectivity index (χ1n) is 11.5. The third-order valence-corrected chi connectivity index (χ3v) is 6.75. The van der Waals surface area contributed by atoms with Crippen molar-refractivity contribution in [3.8, 4) is 5.75 Å². The van der Waals surface area contributed by atoms with Crippen LogP contribution in [-0.2, 0) is 16.6 Å². The topological polar surface area (TPSA) is 154 Å². The predicted octanol–water partition coefficient (Wildman–Crippen LogP) is 4.14. The summed E-state index contributed by atoms with van der Waals surface area (Å²) in [5, 5.41) is 11.1. The van der Waals surface area contributed by atoms with Crippen molar-refractivity contribution in [3.63, 3.8) is 0 Å². The fourth-order valence-electron chi connectivity index (χ4n) is 3.59. The van der Waals surface area contributed by atoms with Crippen LogP contribution in [0, 0.1) is 30.9 Å². The number of benzene rings is 2. The Hall–Kier alpha value is -4.65. The smallest absolute Gasteiger partial charge is 0.342 e. The lowest BCUT2D eigenvalue weighted by molar-refractivity contribution is -0.392. The van der Waals surface area contributed by atoms with Gasteiger partial charge in [0, 0.05) is 24.5 Å². The Morgan fingerprint density at radius 3 is 2.34 bits per heavy atom. The number of hydrogen-bond donors (Lipinski definition) is 1. The Morgan fingerprint density at radius 1 is 1.05 bits per heavy atom. The van der Waals surface area contributed by atoms with Crippen LogP contribution in [0.3, 0.4) is 0 Å². The molecule has 2 aromatic heterocycles. The molecule has 4 rings (SSSR count). The molecule has 2 heterocycles. The van der Waals surface area contributed by atoms with Crippen LogP contribution < -0.4 is 9.46 Å². The summed E-state index contributed by atoms with van der Waals surface area (Å²) >= 11 is 0. The monoisotopic (exact) mass is 535 g/mol. The molecule has 38 heavy (non-hydrogen) atoms. The molecule has 4 aromatic rings. The highest BCUT2D eigenvalue weighted by atomic mass is 32.2. The Bertz CT molecular complexity index is 1560. The van der Waals surface area contributed by atoms with Gasteiger partial charge in [-0.3, -0.25) is 4.99 Å². The molecule has 13 heteroatoms. The first-order chi connectivity index (χ1) is 18.1. The van der Waals surface area contributed by atoms with Gasteiger partial charge in [0.15, 0.2) is 5.82 Å². The van der Waals surface area contributed by atoms with Crippen molar-refractivity contribution < 1.29 is 18.1 Å². The normalized spacial score (nSPS) is 11.6. The molecule has 0 aliphatic rings. The van der Waals surface area contributed by atoms with Crippen molar-refractivity contribution in [2.24, 2.45) is 4.99 Å². The molecule has 2 aromatic carbocycles. The van der Waals surface area contributed by atoms with Crippen LogP contribution in [0.5, 0.6) is 5.75 Å². The number of nitrogens with zero attached hydrogens (tertiary/aromatic N) is 6. The molecule has 0 aliphatic heterocycles. The van der Waals surface area contributed by atoms with E-state index < -0.39 is 14.9 Å². The highest BCUT2D eigenvalue weighted by Gasteiger charge is 2.17. The van der Waals surface area contributed by atoms with Gasteiger partial charge in [-0.25, -0.2) is 32.7 Å². The van der Waals surface area contributed by atoms with Crippen LogP contribution in [0.4, 0.5) is 17.5 Å². The van der Waals surface area contributed by atoms with Crippen LogP contribution in [0.25, 0.3) is 0 Å². The number of aromatic nitrogens is 4. The van der Waals surface area contributed by atoms with E-state index in [-0.39, 0.29) is 23.3 Å². The van der Waals surface area contributed by atoms with Gasteiger partial charge >= 0.3 is 5.82 Å². The molecule has 0 amide bonds.